The van der Waals surface area contributed by atoms with Crippen LogP contribution in [0.1, 0.15) is 15.1 Å². The Kier molecular flexibility index (Phi) is 4.43. The van der Waals surface area contributed by atoms with Gasteiger partial charge in [0.15, 0.2) is 0 Å². The van der Waals surface area contributed by atoms with E-state index in [1.807, 2.05) is 48.5 Å². The number of rotatable bonds is 4. The second-order valence-corrected chi connectivity index (χ2v) is 6.44. The molecular weight excluding hydrogens is 377 g/mol. The van der Waals surface area contributed by atoms with E-state index in [1.165, 1.54) is 5.56 Å². The number of nitrogens with zero attached hydrogens (tertiary/aromatic N) is 1. The van der Waals surface area contributed by atoms with Crippen LogP contribution in [0, 0.1) is 0 Å². The zero-order chi connectivity index (χ0) is 14.7. The largest absolute Gasteiger partial charge is 0.443 e. The third kappa shape index (κ3) is 3.37. The van der Waals surface area contributed by atoms with Crippen molar-refractivity contribution in [1.82, 2.24) is 4.90 Å². The summed E-state index contributed by atoms with van der Waals surface area (Å²) in [6.07, 6.45) is -0.314. The Hall–Kier alpha value is -1.56. The molecule has 0 unspecified atom stereocenters. The van der Waals surface area contributed by atoms with Gasteiger partial charge in [-0.1, -0.05) is 83.3 Å². The van der Waals surface area contributed by atoms with E-state index in [9.17, 15) is 4.79 Å². The number of halogens is 1. The second kappa shape index (κ2) is 6.47. The minimum atomic E-state index is -0.221. The summed E-state index contributed by atoms with van der Waals surface area (Å²) in [7, 11) is 0. The van der Waals surface area contributed by atoms with E-state index in [2.05, 4.69) is 34.7 Å². The topological polar surface area (TPSA) is 29.5 Å². The van der Waals surface area contributed by atoms with Crippen LogP contribution in [0.3, 0.4) is 0 Å². The summed E-state index contributed by atoms with van der Waals surface area (Å²) in [5.41, 5.74) is 2.32. The smallest absolute Gasteiger partial charge is 0.410 e. The molecule has 1 saturated heterocycles. The maximum Gasteiger partial charge on any atom is 0.410 e. The van der Waals surface area contributed by atoms with Crippen LogP contribution in [0.25, 0.3) is 0 Å². The Labute approximate surface area is 138 Å². The maximum atomic E-state index is 12.0. The van der Waals surface area contributed by atoms with Crippen LogP contribution in [0.15, 0.2) is 60.7 Å². The minimum absolute atomic E-state index is 0.0933. The van der Waals surface area contributed by atoms with E-state index in [4.69, 9.17) is 4.74 Å². The Morgan fingerprint density at radius 3 is 2.38 bits per heavy atom. The van der Waals surface area contributed by atoms with Crippen LogP contribution < -0.4 is 0 Å². The van der Waals surface area contributed by atoms with Crippen molar-refractivity contribution in [2.24, 2.45) is 0 Å². The SMILES string of the molecule is O=C1O[C@H]([C@H](I)c2ccccc2)CN1Cc1ccccc1. The summed E-state index contributed by atoms with van der Waals surface area (Å²) < 4.78 is 5.72. The number of hydrogen-bond donors (Lipinski definition) is 0. The lowest BCUT2D eigenvalue weighted by Crippen LogP contribution is -2.25. The van der Waals surface area contributed by atoms with Gasteiger partial charge in [0.25, 0.3) is 0 Å². The molecular formula is C17H16INO2. The molecule has 1 heterocycles. The van der Waals surface area contributed by atoms with Gasteiger partial charge >= 0.3 is 6.09 Å². The van der Waals surface area contributed by atoms with Crippen molar-refractivity contribution in [1.29, 1.82) is 0 Å². The summed E-state index contributed by atoms with van der Waals surface area (Å²) in [5, 5.41) is 0. The number of ether oxygens (including phenoxy) is 1. The van der Waals surface area contributed by atoms with Gasteiger partial charge in [0.05, 0.1) is 10.5 Å². The van der Waals surface area contributed by atoms with Crippen LogP contribution in [0.5, 0.6) is 0 Å². The number of benzene rings is 2. The normalized spacial score (nSPS) is 19.4. The molecule has 0 aromatic heterocycles. The fourth-order valence-corrected chi connectivity index (χ4v) is 3.26. The Morgan fingerprint density at radius 1 is 1.10 bits per heavy atom. The van der Waals surface area contributed by atoms with Crippen LogP contribution in [-0.4, -0.2) is 23.6 Å². The standard InChI is InChI=1S/C17H16INO2/c18-16(14-9-5-2-6-10-14)15-12-19(17(20)21-15)11-13-7-3-1-4-8-13/h1-10,15-16H,11-12H2/t15-,16+/m0/s1. The predicted molar refractivity (Wildman–Crippen MR) is 90.3 cm³/mol. The Morgan fingerprint density at radius 2 is 1.71 bits per heavy atom. The highest BCUT2D eigenvalue weighted by Crippen LogP contribution is 2.33. The first-order chi connectivity index (χ1) is 10.2. The molecule has 1 aliphatic heterocycles. The van der Waals surface area contributed by atoms with E-state index < -0.39 is 0 Å². The van der Waals surface area contributed by atoms with Crippen LogP contribution in [0.2, 0.25) is 0 Å². The van der Waals surface area contributed by atoms with Gasteiger partial charge in [-0.25, -0.2) is 4.79 Å². The molecule has 108 valence electrons. The predicted octanol–water partition coefficient (Wildman–Crippen LogP) is 4.18. The average Bonchev–Trinajstić information content (AvgIpc) is 2.89. The molecule has 2 atom stereocenters. The van der Waals surface area contributed by atoms with Gasteiger partial charge < -0.3 is 9.64 Å². The number of carbonyl (C=O) groups excluding carboxylic acids is 1. The number of alkyl halides is 1. The first-order valence-corrected chi connectivity index (χ1v) is 8.17. The minimum Gasteiger partial charge on any atom is -0.443 e. The van der Waals surface area contributed by atoms with Gasteiger partial charge in [-0.15, -0.1) is 0 Å². The lowest BCUT2D eigenvalue weighted by Gasteiger charge is -2.16. The first-order valence-electron chi connectivity index (χ1n) is 6.92. The number of cyclic esters (lactones) is 1. The number of amides is 1. The van der Waals surface area contributed by atoms with Crippen LogP contribution >= 0.6 is 22.6 Å². The van der Waals surface area contributed by atoms with Crippen LogP contribution in [0.4, 0.5) is 4.79 Å². The summed E-state index contributed by atoms with van der Waals surface area (Å²) in [4.78, 5) is 13.8. The highest BCUT2D eigenvalue weighted by molar-refractivity contribution is 14.1. The fourth-order valence-electron chi connectivity index (χ4n) is 2.47. The van der Waals surface area contributed by atoms with E-state index in [1.54, 1.807) is 4.90 Å². The molecule has 1 aliphatic rings. The lowest BCUT2D eigenvalue weighted by molar-refractivity contribution is 0.132. The van der Waals surface area contributed by atoms with Crippen molar-refractivity contribution in [3.63, 3.8) is 0 Å². The van der Waals surface area contributed by atoms with Gasteiger partial charge in [-0.2, -0.15) is 0 Å². The van der Waals surface area contributed by atoms with E-state index in [0.717, 1.165) is 5.56 Å². The molecule has 3 nitrogen and oxygen atoms in total. The molecule has 2 aromatic carbocycles. The van der Waals surface area contributed by atoms with Crippen molar-refractivity contribution in [3.05, 3.63) is 71.8 Å². The van der Waals surface area contributed by atoms with Crippen molar-refractivity contribution in [3.8, 4) is 0 Å². The molecule has 0 aliphatic carbocycles. The van der Waals surface area contributed by atoms with Crippen molar-refractivity contribution < 1.29 is 9.53 Å². The van der Waals surface area contributed by atoms with Crippen molar-refractivity contribution in [2.45, 2.75) is 16.6 Å². The van der Waals surface area contributed by atoms with Gasteiger partial charge in [0.2, 0.25) is 0 Å². The molecule has 1 fully saturated rings. The monoisotopic (exact) mass is 393 g/mol. The fraction of sp³-hybridized carbons (Fsp3) is 0.235. The van der Waals surface area contributed by atoms with Gasteiger partial charge in [0, 0.05) is 6.54 Å². The quantitative estimate of drug-likeness (QED) is 0.576. The summed E-state index contributed by atoms with van der Waals surface area (Å²) in [5.74, 6) is 0. The molecule has 4 heteroatoms. The Balaban J connectivity index is 1.67. The number of carbonyl (C=O) groups is 1. The van der Waals surface area contributed by atoms with Crippen LogP contribution in [-0.2, 0) is 11.3 Å². The maximum absolute atomic E-state index is 12.0. The molecule has 21 heavy (non-hydrogen) atoms. The summed E-state index contributed by atoms with van der Waals surface area (Å²) in [6, 6.07) is 20.2. The third-order valence-electron chi connectivity index (χ3n) is 3.57. The molecule has 1 amide bonds. The molecule has 0 N–H and O–H groups in total. The third-order valence-corrected chi connectivity index (χ3v) is 5.09. The lowest BCUT2D eigenvalue weighted by atomic mass is 10.1. The zero-order valence-corrected chi connectivity index (χ0v) is 13.6. The van der Waals surface area contributed by atoms with E-state index >= 15 is 0 Å². The van der Waals surface area contributed by atoms with Gasteiger partial charge in [0.1, 0.15) is 6.10 Å². The van der Waals surface area contributed by atoms with Crippen molar-refractivity contribution >= 4 is 28.7 Å². The van der Waals surface area contributed by atoms with Crippen molar-refractivity contribution in [2.75, 3.05) is 6.54 Å². The molecule has 0 bridgehead atoms. The van der Waals surface area contributed by atoms with E-state index in [-0.39, 0.29) is 16.1 Å². The molecule has 0 radical (unpaired) electrons. The highest BCUT2D eigenvalue weighted by Gasteiger charge is 2.36. The zero-order valence-electron chi connectivity index (χ0n) is 11.5. The first kappa shape index (κ1) is 14.4. The van der Waals surface area contributed by atoms with Gasteiger partial charge in [-0.05, 0) is 11.1 Å². The molecule has 3 rings (SSSR count). The molecule has 0 spiro atoms. The number of hydrogen-bond acceptors (Lipinski definition) is 2. The molecule has 0 saturated carbocycles. The molecule has 2 aromatic rings. The van der Waals surface area contributed by atoms with E-state index in [0.29, 0.717) is 13.1 Å². The Bertz CT molecular complexity index is 603. The average molecular weight is 393 g/mol. The summed E-state index contributed by atoms with van der Waals surface area (Å²) in [6.45, 7) is 1.24. The van der Waals surface area contributed by atoms with Gasteiger partial charge in [-0.3, -0.25) is 0 Å². The highest BCUT2D eigenvalue weighted by atomic mass is 127. The second-order valence-electron chi connectivity index (χ2n) is 5.10. The summed E-state index contributed by atoms with van der Waals surface area (Å²) >= 11 is 2.36.